The highest BCUT2D eigenvalue weighted by atomic mass is 15.1. The van der Waals surface area contributed by atoms with E-state index in [4.69, 9.17) is 0 Å². The van der Waals surface area contributed by atoms with Crippen molar-refractivity contribution < 1.29 is 0 Å². The summed E-state index contributed by atoms with van der Waals surface area (Å²) in [4.78, 5) is 2.39. The van der Waals surface area contributed by atoms with Gasteiger partial charge in [-0.3, -0.25) is 0 Å². The van der Waals surface area contributed by atoms with Crippen LogP contribution < -0.4 is 4.90 Å². The van der Waals surface area contributed by atoms with Crippen molar-refractivity contribution in [2.45, 2.75) is 19.3 Å². The van der Waals surface area contributed by atoms with Gasteiger partial charge in [0.25, 0.3) is 0 Å². The Morgan fingerprint density at radius 2 is 0.720 bits per heavy atom. The molecule has 0 saturated heterocycles. The zero-order valence-electron chi connectivity index (χ0n) is 28.1. The van der Waals surface area contributed by atoms with Gasteiger partial charge in [0.05, 0.1) is 0 Å². The van der Waals surface area contributed by atoms with Gasteiger partial charge in [-0.1, -0.05) is 152 Å². The second-order valence-corrected chi connectivity index (χ2v) is 12.9. The van der Waals surface area contributed by atoms with E-state index in [-0.39, 0.29) is 0 Å². The van der Waals surface area contributed by atoms with Crippen molar-refractivity contribution in [3.8, 4) is 0 Å². The molecule has 7 aromatic rings. The van der Waals surface area contributed by atoms with Crippen LogP contribution in [0.1, 0.15) is 50.9 Å². The topological polar surface area (TPSA) is 3.24 Å². The van der Waals surface area contributed by atoms with Gasteiger partial charge in [-0.05, 0) is 123 Å². The molecule has 0 saturated carbocycles. The van der Waals surface area contributed by atoms with Gasteiger partial charge in [-0.25, -0.2) is 0 Å². The van der Waals surface area contributed by atoms with Gasteiger partial charge >= 0.3 is 0 Å². The summed E-state index contributed by atoms with van der Waals surface area (Å²) in [6.07, 6.45) is 8.15. The first-order valence-electron chi connectivity index (χ1n) is 17.6. The number of hydrogen-bond donors (Lipinski definition) is 0. The molecule has 0 spiro atoms. The first-order valence-corrected chi connectivity index (χ1v) is 17.6. The fraction of sp³-hybridized carbons (Fsp3) is 0.0612. The minimum absolute atomic E-state index is 1.14. The molecule has 0 atom stereocenters. The highest BCUT2D eigenvalue weighted by Crippen LogP contribution is 2.38. The number of benzene rings is 7. The molecule has 240 valence electrons. The van der Waals surface area contributed by atoms with E-state index in [0.717, 1.165) is 17.8 Å². The number of nitrogens with zero attached hydrogens (tertiary/aromatic N) is 1. The van der Waals surface area contributed by atoms with Gasteiger partial charge in [0.15, 0.2) is 0 Å². The van der Waals surface area contributed by atoms with E-state index >= 15 is 0 Å². The standard InChI is InChI=1S/C49H39N/c1-5-14-40(15-6-1)48(41-16-7-2-8-17-41)34-37-24-29-45(30-25-37)50(47-33-28-39-22-13-23-44(39)36-47)46-31-26-38(27-32-46)35-49(42-18-9-3-10-19-42)43-20-11-4-12-21-43/h1-12,14-21,24-36H,13,22-23H2. The van der Waals surface area contributed by atoms with Crippen LogP contribution >= 0.6 is 0 Å². The highest BCUT2D eigenvalue weighted by molar-refractivity contribution is 5.93. The van der Waals surface area contributed by atoms with Crippen LogP contribution in [0.15, 0.2) is 188 Å². The quantitative estimate of drug-likeness (QED) is 0.142. The van der Waals surface area contributed by atoms with Crippen LogP contribution in [0, 0.1) is 0 Å². The molecule has 0 radical (unpaired) electrons. The minimum atomic E-state index is 1.14. The zero-order chi connectivity index (χ0) is 33.5. The number of hydrogen-bond acceptors (Lipinski definition) is 1. The molecule has 0 amide bonds. The lowest BCUT2D eigenvalue weighted by Crippen LogP contribution is -2.10. The predicted molar refractivity (Wildman–Crippen MR) is 213 cm³/mol. The Morgan fingerprint density at radius 3 is 1.12 bits per heavy atom. The molecule has 1 heteroatoms. The largest absolute Gasteiger partial charge is 0.310 e. The molecule has 0 heterocycles. The first-order chi connectivity index (χ1) is 24.8. The van der Waals surface area contributed by atoms with Crippen LogP contribution in [-0.2, 0) is 12.8 Å². The molecule has 8 rings (SSSR count). The summed E-state index contributed by atoms with van der Waals surface area (Å²) in [5.41, 5.74) is 16.0. The fourth-order valence-electron chi connectivity index (χ4n) is 7.05. The van der Waals surface area contributed by atoms with E-state index < -0.39 is 0 Å². The van der Waals surface area contributed by atoms with Crippen LogP contribution in [0.2, 0.25) is 0 Å². The minimum Gasteiger partial charge on any atom is -0.310 e. The highest BCUT2D eigenvalue weighted by Gasteiger charge is 2.17. The monoisotopic (exact) mass is 641 g/mol. The maximum atomic E-state index is 2.40. The van der Waals surface area contributed by atoms with E-state index in [2.05, 4.69) is 205 Å². The summed E-state index contributed by atoms with van der Waals surface area (Å²) in [6.45, 7) is 0. The van der Waals surface area contributed by atoms with Crippen molar-refractivity contribution in [2.75, 3.05) is 4.90 Å². The second kappa shape index (κ2) is 14.5. The number of aryl methyl sites for hydroxylation is 2. The average molecular weight is 642 g/mol. The van der Waals surface area contributed by atoms with Crippen molar-refractivity contribution >= 4 is 40.4 Å². The van der Waals surface area contributed by atoms with Crippen LogP contribution in [0.4, 0.5) is 17.1 Å². The zero-order valence-corrected chi connectivity index (χ0v) is 28.1. The summed E-state index contributed by atoms with van der Waals surface area (Å²) in [5.74, 6) is 0. The summed E-state index contributed by atoms with van der Waals surface area (Å²) in [6, 6.07) is 67.6. The molecule has 0 bridgehead atoms. The number of anilines is 3. The average Bonchev–Trinajstić information content (AvgIpc) is 3.67. The summed E-state index contributed by atoms with van der Waals surface area (Å²) in [7, 11) is 0. The molecule has 0 aliphatic heterocycles. The summed E-state index contributed by atoms with van der Waals surface area (Å²) < 4.78 is 0. The Kier molecular flexibility index (Phi) is 9.03. The molecule has 1 aliphatic carbocycles. The SMILES string of the molecule is C(=C(c1ccccc1)c1ccccc1)c1ccc(N(c2ccc(C=C(c3ccccc3)c3ccccc3)cc2)c2ccc3c(c2)CCC3)cc1. The maximum Gasteiger partial charge on any atom is 0.0464 e. The van der Waals surface area contributed by atoms with Crippen molar-refractivity contribution in [2.24, 2.45) is 0 Å². The van der Waals surface area contributed by atoms with Gasteiger partial charge in [0, 0.05) is 17.1 Å². The molecule has 0 aromatic heterocycles. The van der Waals surface area contributed by atoms with Crippen LogP contribution in [0.3, 0.4) is 0 Å². The van der Waals surface area contributed by atoms with E-state index in [1.807, 2.05) is 0 Å². The molecule has 50 heavy (non-hydrogen) atoms. The Bertz CT molecular complexity index is 2010. The normalized spacial score (nSPS) is 11.8. The Balaban J connectivity index is 1.17. The van der Waals surface area contributed by atoms with Gasteiger partial charge < -0.3 is 4.90 Å². The molecule has 0 unspecified atom stereocenters. The molecular formula is C49H39N. The molecular weight excluding hydrogens is 603 g/mol. The predicted octanol–water partition coefficient (Wildman–Crippen LogP) is 12.8. The third-order valence-corrected chi connectivity index (χ3v) is 9.60. The Hall–Kier alpha value is -6.18. The van der Waals surface area contributed by atoms with Crippen molar-refractivity contribution in [1.29, 1.82) is 0 Å². The van der Waals surface area contributed by atoms with E-state index in [1.165, 1.54) is 74.2 Å². The van der Waals surface area contributed by atoms with Crippen molar-refractivity contribution in [1.82, 2.24) is 0 Å². The molecule has 1 aliphatic rings. The molecule has 1 nitrogen and oxygen atoms in total. The Morgan fingerprint density at radius 1 is 0.360 bits per heavy atom. The first kappa shape index (κ1) is 31.1. The van der Waals surface area contributed by atoms with Crippen LogP contribution in [-0.4, -0.2) is 0 Å². The van der Waals surface area contributed by atoms with E-state index in [9.17, 15) is 0 Å². The van der Waals surface area contributed by atoms with Gasteiger partial charge in [0.1, 0.15) is 0 Å². The number of fused-ring (bicyclic) bond motifs is 1. The smallest absolute Gasteiger partial charge is 0.0464 e. The van der Waals surface area contributed by atoms with E-state index in [1.54, 1.807) is 0 Å². The van der Waals surface area contributed by atoms with Crippen LogP contribution in [0.5, 0.6) is 0 Å². The van der Waals surface area contributed by atoms with Gasteiger partial charge in [-0.2, -0.15) is 0 Å². The third-order valence-electron chi connectivity index (χ3n) is 9.60. The van der Waals surface area contributed by atoms with Crippen molar-refractivity contribution in [3.05, 3.63) is 233 Å². The lowest BCUT2D eigenvalue weighted by molar-refractivity contribution is 0.912. The Labute approximate surface area is 296 Å². The summed E-state index contributed by atoms with van der Waals surface area (Å²) >= 11 is 0. The van der Waals surface area contributed by atoms with Gasteiger partial charge in [-0.15, -0.1) is 0 Å². The maximum absolute atomic E-state index is 2.40. The molecule has 0 fully saturated rings. The lowest BCUT2D eigenvalue weighted by Gasteiger charge is -2.26. The molecule has 0 N–H and O–H groups in total. The third kappa shape index (κ3) is 6.86. The number of rotatable bonds is 9. The van der Waals surface area contributed by atoms with E-state index in [0.29, 0.717) is 0 Å². The van der Waals surface area contributed by atoms with Gasteiger partial charge in [0.2, 0.25) is 0 Å². The molecule has 7 aromatic carbocycles. The van der Waals surface area contributed by atoms with Crippen molar-refractivity contribution in [3.63, 3.8) is 0 Å². The lowest BCUT2D eigenvalue weighted by atomic mass is 9.95. The second-order valence-electron chi connectivity index (χ2n) is 12.9. The van der Waals surface area contributed by atoms with Crippen LogP contribution in [0.25, 0.3) is 23.3 Å². The fourth-order valence-corrected chi connectivity index (χ4v) is 7.05. The summed E-state index contributed by atoms with van der Waals surface area (Å²) in [5, 5.41) is 0.